The van der Waals surface area contributed by atoms with Crippen molar-refractivity contribution in [3.05, 3.63) is 35.5 Å². The van der Waals surface area contributed by atoms with Crippen LogP contribution in [0.5, 0.6) is 0 Å². The molecule has 2 aromatic rings. The number of hydrogen-bond acceptors (Lipinski definition) is 6. The summed E-state index contributed by atoms with van der Waals surface area (Å²) in [7, 11) is 1.86. The molecule has 8 heteroatoms. The third kappa shape index (κ3) is 5.02. The van der Waals surface area contributed by atoms with Gasteiger partial charge in [0.1, 0.15) is 5.82 Å². The van der Waals surface area contributed by atoms with Gasteiger partial charge in [0.05, 0.1) is 6.54 Å². The van der Waals surface area contributed by atoms with Gasteiger partial charge in [-0.2, -0.15) is 4.98 Å². The molecule has 7 nitrogen and oxygen atoms in total. The Morgan fingerprint density at radius 3 is 2.55 bits per heavy atom. The quantitative estimate of drug-likeness (QED) is 0.451. The predicted octanol–water partition coefficient (Wildman–Crippen LogP) is 6.59. The highest BCUT2D eigenvalue weighted by molar-refractivity contribution is 8.00. The summed E-state index contributed by atoms with van der Waals surface area (Å²) in [5, 5.41) is 4.18. The van der Waals surface area contributed by atoms with Crippen LogP contribution < -0.4 is 10.2 Å². The molecule has 2 aliphatic carbocycles. The fourth-order valence-corrected chi connectivity index (χ4v) is 8.59. The van der Waals surface area contributed by atoms with Crippen LogP contribution in [0.25, 0.3) is 0 Å². The molecule has 2 aliphatic heterocycles. The summed E-state index contributed by atoms with van der Waals surface area (Å²) in [6.45, 7) is 9.88. The standard InChI is InChI=1S/C30H42N6OS/c1-20(2)35-13-11-30(12-14-35)16-25(17-30)38-24-9-10-26(21(3)15-24)32-28-31-18-22-19-34(4)29(37)36(27(22)33-28)23-7-5-6-8-23/h9-10,15,18,20,23,25H,5-8,11-14,16-17,19H2,1-4H3,(H,31,32,33). The number of likely N-dealkylation sites (tertiary alicyclic amines) is 1. The summed E-state index contributed by atoms with van der Waals surface area (Å²) >= 11 is 2.05. The van der Waals surface area contributed by atoms with Gasteiger partial charge < -0.3 is 15.1 Å². The third-order valence-corrected chi connectivity index (χ3v) is 10.6. The molecule has 2 saturated carbocycles. The Hall–Kier alpha value is -2.32. The van der Waals surface area contributed by atoms with Crippen molar-refractivity contribution in [3.63, 3.8) is 0 Å². The number of hydrogen-bond donors (Lipinski definition) is 1. The van der Waals surface area contributed by atoms with Crippen LogP contribution in [-0.4, -0.2) is 63.3 Å². The number of amides is 2. The average molecular weight is 535 g/mol. The number of anilines is 3. The lowest BCUT2D eigenvalue weighted by Crippen LogP contribution is -2.50. The van der Waals surface area contributed by atoms with E-state index in [0.29, 0.717) is 23.9 Å². The zero-order valence-electron chi connectivity index (χ0n) is 23.4. The minimum atomic E-state index is 0.0508. The molecule has 204 valence electrons. The van der Waals surface area contributed by atoms with Crippen molar-refractivity contribution in [2.24, 2.45) is 5.41 Å². The fraction of sp³-hybridized carbons (Fsp3) is 0.633. The second-order valence-corrected chi connectivity index (χ2v) is 13.7. The lowest BCUT2D eigenvalue weighted by molar-refractivity contribution is 0.0267. The fourth-order valence-electron chi connectivity index (χ4n) is 6.94. The first kappa shape index (κ1) is 25.9. The molecular formula is C30H42N6OS. The number of carbonyl (C=O) groups is 1. The number of aryl methyl sites for hydroxylation is 1. The molecule has 38 heavy (non-hydrogen) atoms. The van der Waals surface area contributed by atoms with Gasteiger partial charge >= 0.3 is 6.03 Å². The molecule has 3 fully saturated rings. The smallest absolute Gasteiger partial charge is 0.324 e. The molecule has 1 aromatic heterocycles. The number of aromatic nitrogens is 2. The molecule has 1 spiro atoms. The van der Waals surface area contributed by atoms with Crippen molar-refractivity contribution < 1.29 is 4.79 Å². The minimum Gasteiger partial charge on any atom is -0.324 e. The summed E-state index contributed by atoms with van der Waals surface area (Å²) in [5.41, 5.74) is 3.83. The first-order valence-electron chi connectivity index (χ1n) is 14.5. The van der Waals surface area contributed by atoms with E-state index in [4.69, 9.17) is 4.98 Å². The van der Waals surface area contributed by atoms with Gasteiger partial charge in [-0.1, -0.05) is 12.8 Å². The largest absolute Gasteiger partial charge is 0.325 e. The van der Waals surface area contributed by atoms with Crippen LogP contribution in [0.1, 0.15) is 76.3 Å². The van der Waals surface area contributed by atoms with Crippen LogP contribution in [-0.2, 0) is 6.54 Å². The van der Waals surface area contributed by atoms with Gasteiger partial charge in [0, 0.05) is 46.7 Å². The van der Waals surface area contributed by atoms with Crippen LogP contribution in [0.3, 0.4) is 0 Å². The highest BCUT2D eigenvalue weighted by Crippen LogP contribution is 2.55. The molecule has 6 rings (SSSR count). The second kappa shape index (κ2) is 10.3. The number of benzene rings is 1. The number of fused-ring (bicyclic) bond motifs is 1. The first-order valence-corrected chi connectivity index (χ1v) is 15.4. The van der Waals surface area contributed by atoms with Crippen LogP contribution >= 0.6 is 11.8 Å². The van der Waals surface area contributed by atoms with E-state index in [2.05, 4.69) is 54.2 Å². The average Bonchev–Trinajstić information content (AvgIpc) is 3.40. The summed E-state index contributed by atoms with van der Waals surface area (Å²) in [6, 6.07) is 7.64. The van der Waals surface area contributed by atoms with Crippen molar-refractivity contribution in [2.45, 2.75) is 101 Å². The minimum absolute atomic E-state index is 0.0508. The van der Waals surface area contributed by atoms with Crippen LogP contribution in [0, 0.1) is 12.3 Å². The summed E-state index contributed by atoms with van der Waals surface area (Å²) in [4.78, 5) is 30.2. The molecule has 3 heterocycles. The van der Waals surface area contributed by atoms with Gasteiger partial charge in [-0.25, -0.2) is 9.78 Å². The predicted molar refractivity (Wildman–Crippen MR) is 155 cm³/mol. The summed E-state index contributed by atoms with van der Waals surface area (Å²) < 4.78 is 0. The molecular weight excluding hydrogens is 492 g/mol. The van der Waals surface area contributed by atoms with Gasteiger partial charge in [0.15, 0.2) is 0 Å². The van der Waals surface area contributed by atoms with Crippen molar-refractivity contribution in [1.29, 1.82) is 0 Å². The van der Waals surface area contributed by atoms with E-state index in [-0.39, 0.29) is 12.1 Å². The first-order chi connectivity index (χ1) is 18.3. The van der Waals surface area contributed by atoms with E-state index in [9.17, 15) is 4.79 Å². The van der Waals surface area contributed by atoms with E-state index in [1.165, 1.54) is 62.1 Å². The topological polar surface area (TPSA) is 64.6 Å². The lowest BCUT2D eigenvalue weighted by atomic mass is 9.63. The summed E-state index contributed by atoms with van der Waals surface area (Å²) in [6.07, 6.45) is 11.8. The zero-order chi connectivity index (χ0) is 26.4. The Bertz CT molecular complexity index is 1180. The van der Waals surface area contributed by atoms with E-state index < -0.39 is 0 Å². The van der Waals surface area contributed by atoms with Crippen LogP contribution in [0.15, 0.2) is 29.3 Å². The monoisotopic (exact) mass is 534 g/mol. The molecule has 0 bridgehead atoms. The Morgan fingerprint density at radius 2 is 1.87 bits per heavy atom. The Balaban J connectivity index is 1.10. The third-order valence-electron chi connectivity index (χ3n) is 9.36. The highest BCUT2D eigenvalue weighted by Gasteiger charge is 2.46. The number of piperidine rings is 1. The molecule has 1 saturated heterocycles. The highest BCUT2D eigenvalue weighted by atomic mass is 32.2. The van der Waals surface area contributed by atoms with Gasteiger partial charge in [-0.3, -0.25) is 4.90 Å². The SMILES string of the molecule is Cc1cc(SC2CC3(CCN(C(C)C)CC3)C2)ccc1Nc1ncc2c(n1)N(C1CCCC1)C(=O)N(C)C2. The van der Waals surface area contributed by atoms with E-state index in [1.807, 2.05) is 29.9 Å². The second-order valence-electron chi connectivity index (χ2n) is 12.4. The van der Waals surface area contributed by atoms with E-state index >= 15 is 0 Å². The van der Waals surface area contributed by atoms with Crippen LogP contribution in [0.4, 0.5) is 22.2 Å². The lowest BCUT2D eigenvalue weighted by Gasteiger charge is -2.52. The zero-order valence-corrected chi connectivity index (χ0v) is 24.2. The Kier molecular flexibility index (Phi) is 7.06. The number of carbonyl (C=O) groups excluding carboxylic acids is 1. The maximum Gasteiger partial charge on any atom is 0.325 e. The molecule has 0 radical (unpaired) electrons. The molecule has 0 unspecified atom stereocenters. The van der Waals surface area contributed by atoms with Crippen molar-refractivity contribution in [2.75, 3.05) is 30.4 Å². The number of rotatable bonds is 6. The Labute approximate surface area is 231 Å². The molecule has 0 atom stereocenters. The molecule has 1 N–H and O–H groups in total. The number of thioether (sulfide) groups is 1. The van der Waals surface area contributed by atoms with Crippen molar-refractivity contribution in [3.8, 4) is 0 Å². The van der Waals surface area contributed by atoms with Gasteiger partial charge in [-0.15, -0.1) is 11.8 Å². The van der Waals surface area contributed by atoms with Gasteiger partial charge in [0.25, 0.3) is 0 Å². The van der Waals surface area contributed by atoms with Crippen molar-refractivity contribution >= 4 is 35.2 Å². The maximum absolute atomic E-state index is 13.1. The summed E-state index contributed by atoms with van der Waals surface area (Å²) in [5.74, 6) is 1.33. The Morgan fingerprint density at radius 1 is 1.13 bits per heavy atom. The number of urea groups is 1. The van der Waals surface area contributed by atoms with E-state index in [1.54, 1.807) is 4.90 Å². The van der Waals surface area contributed by atoms with E-state index in [0.717, 1.165) is 35.2 Å². The number of nitrogens with zero attached hydrogens (tertiary/aromatic N) is 5. The molecule has 4 aliphatic rings. The maximum atomic E-state index is 13.1. The molecule has 2 amide bonds. The normalized spacial score (nSPS) is 22.3. The van der Waals surface area contributed by atoms with Crippen molar-refractivity contribution in [1.82, 2.24) is 19.8 Å². The molecule has 1 aromatic carbocycles. The van der Waals surface area contributed by atoms with Gasteiger partial charge in [0.2, 0.25) is 5.95 Å². The van der Waals surface area contributed by atoms with Crippen LogP contribution in [0.2, 0.25) is 0 Å². The number of nitrogens with one attached hydrogen (secondary N) is 1. The van der Waals surface area contributed by atoms with Gasteiger partial charge in [-0.05, 0) is 102 Å².